The molecule has 0 aliphatic heterocycles. The Morgan fingerprint density at radius 2 is 1.12 bits per heavy atom. The van der Waals surface area contributed by atoms with Gasteiger partial charge in [-0.15, -0.1) is 11.3 Å². The molecule has 0 saturated heterocycles. The third-order valence-electron chi connectivity index (χ3n) is 8.42. The molecule has 3 aromatic heterocycles. The van der Waals surface area contributed by atoms with Gasteiger partial charge in [0.1, 0.15) is 11.2 Å². The van der Waals surface area contributed by atoms with Gasteiger partial charge >= 0.3 is 0 Å². The first-order valence-electron chi connectivity index (χ1n) is 19.7. The summed E-state index contributed by atoms with van der Waals surface area (Å²) in [5, 5.41) is 1.72. The predicted molar refractivity (Wildman–Crippen MR) is 199 cm³/mol. The molecule has 0 aliphatic rings. The number of thiophene rings is 1. The van der Waals surface area contributed by atoms with E-state index in [-0.39, 0.29) is 61.8 Å². The van der Waals surface area contributed by atoms with Gasteiger partial charge in [0.2, 0.25) is 0 Å². The van der Waals surface area contributed by atoms with Crippen LogP contribution in [0.1, 0.15) is 12.3 Å². The van der Waals surface area contributed by atoms with Crippen molar-refractivity contribution in [3.05, 3.63) is 151 Å². The molecular weight excluding hydrogens is 607 g/mol. The highest BCUT2D eigenvalue weighted by molar-refractivity contribution is 7.25. The van der Waals surface area contributed by atoms with Crippen molar-refractivity contribution in [2.45, 2.75) is 0 Å². The molecule has 7 aromatic carbocycles. The highest BCUT2D eigenvalue weighted by Gasteiger charge is 2.17. The average Bonchev–Trinajstić information content (AvgIpc) is 3.82. The maximum Gasteiger partial charge on any atom is 0.164 e. The lowest BCUT2D eigenvalue weighted by atomic mass is 10.0. The molecule has 0 bridgehead atoms. The Morgan fingerprint density at radius 3 is 1.90 bits per heavy atom. The minimum Gasteiger partial charge on any atom is -0.455 e. The number of benzene rings is 7. The van der Waals surface area contributed by atoms with Crippen LogP contribution in [0.2, 0.25) is 0 Å². The molecule has 10 rings (SSSR count). The fourth-order valence-corrected chi connectivity index (χ4v) is 7.27. The Hall–Kier alpha value is -6.17. The number of rotatable bonds is 4. The van der Waals surface area contributed by atoms with E-state index >= 15 is 0 Å². The second-order valence-electron chi connectivity index (χ2n) is 11.3. The quantitative estimate of drug-likeness (QED) is 0.192. The number of hydrogen-bond acceptors (Lipinski definition) is 5. The maximum atomic E-state index is 9.50. The molecule has 0 fully saturated rings. The smallest absolute Gasteiger partial charge is 0.164 e. The van der Waals surface area contributed by atoms with Crippen molar-refractivity contribution >= 4 is 64.2 Å². The van der Waals surface area contributed by atoms with E-state index in [1.54, 1.807) is 11.3 Å². The van der Waals surface area contributed by atoms with Gasteiger partial charge < -0.3 is 4.42 Å². The summed E-state index contributed by atoms with van der Waals surface area (Å²) in [5.74, 6) is 0.504. The monoisotopic (exact) mass is 640 g/mol. The fourth-order valence-electron chi connectivity index (χ4n) is 6.08. The predicted octanol–water partition coefficient (Wildman–Crippen LogP) is 12.0. The van der Waals surface area contributed by atoms with Crippen LogP contribution in [0.25, 0.3) is 98.2 Å². The molecule has 0 N–H and O–H groups in total. The van der Waals surface area contributed by atoms with Crippen LogP contribution in [0.4, 0.5) is 0 Å². The molecule has 3 heterocycles. The fraction of sp³-hybridized carbons (Fsp3) is 0. The second-order valence-corrected chi connectivity index (χ2v) is 12.4. The minimum atomic E-state index is -0.558. The van der Waals surface area contributed by atoms with E-state index in [9.17, 15) is 1.37 Å². The first-order chi connectivity index (χ1) is 27.5. The zero-order chi connectivity index (χ0) is 39.4. The summed E-state index contributed by atoms with van der Waals surface area (Å²) in [5.41, 5.74) is 3.07. The first kappa shape index (κ1) is 19.5. The van der Waals surface area contributed by atoms with Crippen molar-refractivity contribution in [2.75, 3.05) is 0 Å². The summed E-state index contributed by atoms with van der Waals surface area (Å²) < 4.78 is 87.3. The van der Waals surface area contributed by atoms with Gasteiger partial charge in [0.05, 0.1) is 12.3 Å². The number of hydrogen-bond donors (Lipinski definition) is 0. The van der Waals surface area contributed by atoms with Crippen LogP contribution in [-0.4, -0.2) is 15.0 Å². The van der Waals surface area contributed by atoms with Crippen LogP contribution in [0.15, 0.2) is 156 Å². The molecule has 10 aromatic rings. The molecule has 0 aliphatic carbocycles. The first-order valence-corrected chi connectivity index (χ1v) is 16.0. The van der Waals surface area contributed by atoms with Gasteiger partial charge in [-0.3, -0.25) is 0 Å². The standard InChI is InChI=1S/C43H25N3OS/c1-3-9-26(10-4-1)29-16-19-33-34-20-17-31(25-39(34)48-38(33)24-29)43-45-41(28-12-5-2-6-13-28)44-42(46-43)30-18-22-37-36(23-30)35-21-15-27-11-7-8-14-32(27)40(35)47-37/h1-25H/i7D,8D,11D,14D,15D,18D,21D,22D,23D. The van der Waals surface area contributed by atoms with Crippen LogP contribution in [0.5, 0.6) is 0 Å². The number of fused-ring (bicyclic) bond motifs is 8. The largest absolute Gasteiger partial charge is 0.455 e. The van der Waals surface area contributed by atoms with E-state index in [0.717, 1.165) is 31.3 Å². The van der Waals surface area contributed by atoms with Gasteiger partial charge in [-0.25, -0.2) is 15.0 Å². The summed E-state index contributed by atoms with van der Waals surface area (Å²) >= 11 is 1.65. The Kier molecular flexibility index (Phi) is 4.34. The van der Waals surface area contributed by atoms with Crippen molar-refractivity contribution in [2.24, 2.45) is 0 Å². The van der Waals surface area contributed by atoms with Gasteiger partial charge in [-0.1, -0.05) is 115 Å². The van der Waals surface area contributed by atoms with E-state index in [1.807, 2.05) is 66.7 Å². The lowest BCUT2D eigenvalue weighted by molar-refractivity contribution is 0.672. The third-order valence-corrected chi connectivity index (χ3v) is 9.53. The van der Waals surface area contributed by atoms with Gasteiger partial charge in [0.15, 0.2) is 17.5 Å². The van der Waals surface area contributed by atoms with Gasteiger partial charge in [-0.2, -0.15) is 0 Å². The summed E-state index contributed by atoms with van der Waals surface area (Å²) in [6.45, 7) is 0. The SMILES string of the molecule is [2H]c1c(-c2nc(-c3ccccc3)nc(-c3ccc4c(c3)sc3cc(-c5ccccc5)ccc34)n2)c([2H])c2c(oc3c4c([2H])c([2H])c([2H])c([2H])c4c([2H])c([2H])c32)c1[2H]. The zero-order valence-electron chi connectivity index (χ0n) is 33.9. The van der Waals surface area contributed by atoms with Crippen molar-refractivity contribution in [3.8, 4) is 45.3 Å². The van der Waals surface area contributed by atoms with Crippen LogP contribution in [0, 0.1) is 0 Å². The van der Waals surface area contributed by atoms with Gasteiger partial charge in [-0.05, 0) is 52.8 Å². The molecule has 5 heteroatoms. The molecule has 224 valence electrons. The van der Waals surface area contributed by atoms with E-state index in [2.05, 4.69) is 30.3 Å². The molecule has 0 atom stereocenters. The van der Waals surface area contributed by atoms with E-state index in [4.69, 9.17) is 30.3 Å². The molecule has 0 radical (unpaired) electrons. The highest BCUT2D eigenvalue weighted by Crippen LogP contribution is 2.39. The van der Waals surface area contributed by atoms with Crippen LogP contribution < -0.4 is 0 Å². The van der Waals surface area contributed by atoms with E-state index in [0.29, 0.717) is 11.1 Å². The van der Waals surface area contributed by atoms with Gasteiger partial charge in [0, 0.05) is 53.0 Å². The number of furan rings is 1. The maximum absolute atomic E-state index is 9.50. The van der Waals surface area contributed by atoms with E-state index < -0.39 is 48.3 Å². The van der Waals surface area contributed by atoms with Crippen molar-refractivity contribution in [1.82, 2.24) is 15.0 Å². The molecule has 0 spiro atoms. The molecule has 4 nitrogen and oxygen atoms in total. The van der Waals surface area contributed by atoms with E-state index in [1.165, 1.54) is 0 Å². The summed E-state index contributed by atoms with van der Waals surface area (Å²) in [7, 11) is 0. The number of nitrogens with zero attached hydrogens (tertiary/aromatic N) is 3. The molecule has 0 amide bonds. The molecular formula is C43H25N3OS. The molecule has 0 saturated carbocycles. The average molecular weight is 641 g/mol. The van der Waals surface area contributed by atoms with Crippen LogP contribution in [-0.2, 0) is 0 Å². The summed E-state index contributed by atoms with van der Waals surface area (Å²) in [6, 6.07) is 27.7. The van der Waals surface area contributed by atoms with Crippen LogP contribution >= 0.6 is 11.3 Å². The van der Waals surface area contributed by atoms with Crippen molar-refractivity contribution in [1.29, 1.82) is 0 Å². The minimum absolute atomic E-state index is 0.0529. The Morgan fingerprint density at radius 1 is 0.479 bits per heavy atom. The Balaban J connectivity index is 1.21. The molecule has 0 unspecified atom stereocenters. The van der Waals surface area contributed by atoms with Crippen molar-refractivity contribution < 1.29 is 16.8 Å². The lowest BCUT2D eigenvalue weighted by Crippen LogP contribution is -2.00. The zero-order valence-corrected chi connectivity index (χ0v) is 25.7. The normalized spacial score (nSPS) is 14.4. The Bertz CT molecular complexity index is 3350. The van der Waals surface area contributed by atoms with Crippen molar-refractivity contribution in [3.63, 3.8) is 0 Å². The number of aromatic nitrogens is 3. The van der Waals surface area contributed by atoms with Crippen LogP contribution in [0.3, 0.4) is 0 Å². The summed E-state index contributed by atoms with van der Waals surface area (Å²) in [4.78, 5) is 14.4. The topological polar surface area (TPSA) is 51.8 Å². The molecule has 48 heavy (non-hydrogen) atoms. The lowest BCUT2D eigenvalue weighted by Gasteiger charge is -2.09. The Labute approximate surface area is 292 Å². The van der Waals surface area contributed by atoms with Gasteiger partial charge in [0.25, 0.3) is 0 Å². The second kappa shape index (κ2) is 10.7. The highest BCUT2D eigenvalue weighted by atomic mass is 32.1. The third kappa shape index (κ3) is 4.40. The summed E-state index contributed by atoms with van der Waals surface area (Å²) in [6.07, 6.45) is 0.